The molecule has 11 heteroatoms. The Balaban J connectivity index is 1.08. The van der Waals surface area contributed by atoms with E-state index in [-0.39, 0.29) is 41.8 Å². The molecule has 0 saturated heterocycles. The van der Waals surface area contributed by atoms with Gasteiger partial charge >= 0.3 is 0 Å². The predicted octanol–water partition coefficient (Wildman–Crippen LogP) is 2.69. The first-order valence-corrected chi connectivity index (χ1v) is 13.4. The minimum atomic E-state index is -0.405. The lowest BCUT2D eigenvalue weighted by Gasteiger charge is -2.61. The molecule has 2 atom stereocenters. The molecule has 4 bridgehead atoms. The highest BCUT2D eigenvalue weighted by atomic mass is 16.5. The zero-order valence-electron chi connectivity index (χ0n) is 21.6. The quantitative estimate of drug-likeness (QED) is 0.383. The molecule has 4 fully saturated rings. The average molecular weight is 531 g/mol. The highest BCUT2D eigenvalue weighted by Crippen LogP contribution is 2.58. The van der Waals surface area contributed by atoms with Gasteiger partial charge in [-0.15, -0.1) is 0 Å². The number of hydrogen-bond donors (Lipinski definition) is 4. The van der Waals surface area contributed by atoms with Gasteiger partial charge in [-0.2, -0.15) is 0 Å². The summed E-state index contributed by atoms with van der Waals surface area (Å²) >= 11 is 0. The van der Waals surface area contributed by atoms with Gasteiger partial charge in [0.05, 0.1) is 22.4 Å². The zero-order valence-corrected chi connectivity index (χ0v) is 21.6. The van der Waals surface area contributed by atoms with Crippen molar-refractivity contribution in [1.29, 1.82) is 0 Å². The van der Waals surface area contributed by atoms with Crippen LogP contribution in [0.15, 0.2) is 30.7 Å². The maximum Gasteiger partial charge on any atom is 0.272 e. The Morgan fingerprint density at radius 3 is 2.77 bits per heavy atom. The van der Waals surface area contributed by atoms with Gasteiger partial charge < -0.3 is 30.4 Å². The SMILES string of the molecule is COC12CC3CC(CC(NC(=O)c4c[nH]c5c(C(=O)NCc6ccc7c(c6)NC(=O)CO7)ncnc45)(C3)C1)C2. The van der Waals surface area contributed by atoms with Gasteiger partial charge in [0.15, 0.2) is 12.3 Å². The molecule has 4 aliphatic carbocycles. The number of aromatic nitrogens is 3. The van der Waals surface area contributed by atoms with Gasteiger partial charge in [-0.25, -0.2) is 9.97 Å². The molecule has 2 aromatic heterocycles. The number of fused-ring (bicyclic) bond motifs is 2. The van der Waals surface area contributed by atoms with Crippen LogP contribution in [0.2, 0.25) is 0 Å². The van der Waals surface area contributed by atoms with Crippen molar-refractivity contribution in [3.05, 3.63) is 47.5 Å². The lowest BCUT2D eigenvalue weighted by Crippen LogP contribution is -2.65. The van der Waals surface area contributed by atoms with Crippen LogP contribution in [-0.4, -0.2) is 57.5 Å². The summed E-state index contributed by atoms with van der Waals surface area (Å²) in [4.78, 5) is 49.8. The minimum absolute atomic E-state index is 0.0150. The number of ether oxygens (including phenoxy) is 2. The number of nitrogens with one attached hydrogen (secondary N) is 4. The Kier molecular flexibility index (Phi) is 5.41. The second-order valence-corrected chi connectivity index (χ2v) is 11.6. The summed E-state index contributed by atoms with van der Waals surface area (Å²) in [6, 6.07) is 5.34. The van der Waals surface area contributed by atoms with E-state index in [9.17, 15) is 14.4 Å². The van der Waals surface area contributed by atoms with Crippen LogP contribution in [0.5, 0.6) is 5.75 Å². The Labute approximate surface area is 224 Å². The number of methoxy groups -OCH3 is 1. The average Bonchev–Trinajstić information content (AvgIpc) is 3.35. The van der Waals surface area contributed by atoms with E-state index in [0.717, 1.165) is 37.7 Å². The number of amides is 3. The molecular weight excluding hydrogens is 500 g/mol. The van der Waals surface area contributed by atoms with Crippen molar-refractivity contribution >= 4 is 34.4 Å². The number of anilines is 1. The van der Waals surface area contributed by atoms with Crippen LogP contribution in [0, 0.1) is 11.8 Å². The van der Waals surface area contributed by atoms with Crippen LogP contribution in [0.4, 0.5) is 5.69 Å². The van der Waals surface area contributed by atoms with Crippen LogP contribution in [0.1, 0.15) is 64.9 Å². The molecule has 3 heterocycles. The molecule has 202 valence electrons. The Morgan fingerprint density at radius 2 is 1.97 bits per heavy atom. The van der Waals surface area contributed by atoms with Crippen molar-refractivity contribution in [2.75, 3.05) is 19.0 Å². The molecule has 0 radical (unpaired) electrons. The number of benzene rings is 1. The monoisotopic (exact) mass is 530 g/mol. The molecule has 4 saturated carbocycles. The lowest BCUT2D eigenvalue weighted by molar-refractivity contribution is -0.158. The molecule has 3 amide bonds. The minimum Gasteiger partial charge on any atom is -0.482 e. The number of carbonyl (C=O) groups is 3. The van der Waals surface area contributed by atoms with E-state index in [0.29, 0.717) is 39.9 Å². The van der Waals surface area contributed by atoms with E-state index < -0.39 is 5.91 Å². The van der Waals surface area contributed by atoms with Crippen LogP contribution in [-0.2, 0) is 16.1 Å². The smallest absolute Gasteiger partial charge is 0.272 e. The van der Waals surface area contributed by atoms with Crippen LogP contribution >= 0.6 is 0 Å². The van der Waals surface area contributed by atoms with Gasteiger partial charge in [0, 0.05) is 25.4 Å². The third kappa shape index (κ3) is 4.12. The number of H-pyrrole nitrogens is 1. The van der Waals surface area contributed by atoms with Gasteiger partial charge in [0.25, 0.3) is 17.7 Å². The van der Waals surface area contributed by atoms with E-state index >= 15 is 0 Å². The number of hydrogen-bond acceptors (Lipinski definition) is 7. The predicted molar refractivity (Wildman–Crippen MR) is 140 cm³/mol. The molecule has 39 heavy (non-hydrogen) atoms. The van der Waals surface area contributed by atoms with E-state index in [4.69, 9.17) is 9.47 Å². The van der Waals surface area contributed by atoms with Gasteiger partial charge in [0.2, 0.25) is 0 Å². The molecular formula is C28H30N6O5. The molecule has 2 unspecified atom stereocenters. The van der Waals surface area contributed by atoms with E-state index in [1.54, 1.807) is 25.4 Å². The summed E-state index contributed by atoms with van der Waals surface area (Å²) in [6.07, 6.45) is 9.05. The van der Waals surface area contributed by atoms with Crippen molar-refractivity contribution in [2.45, 2.75) is 56.2 Å². The highest BCUT2D eigenvalue weighted by Gasteiger charge is 2.58. The number of nitrogens with zero attached hydrogens (tertiary/aromatic N) is 2. The van der Waals surface area contributed by atoms with E-state index in [1.807, 2.05) is 6.07 Å². The van der Waals surface area contributed by atoms with Crippen molar-refractivity contribution in [1.82, 2.24) is 25.6 Å². The normalized spacial score (nSPS) is 28.5. The maximum atomic E-state index is 13.6. The van der Waals surface area contributed by atoms with Gasteiger partial charge in [0.1, 0.15) is 17.6 Å². The van der Waals surface area contributed by atoms with Crippen LogP contribution in [0.25, 0.3) is 11.0 Å². The summed E-state index contributed by atoms with van der Waals surface area (Å²) < 4.78 is 11.4. The third-order valence-electron chi connectivity index (χ3n) is 8.87. The fourth-order valence-corrected chi connectivity index (χ4v) is 7.66. The first kappa shape index (κ1) is 24.1. The fourth-order valence-electron chi connectivity index (χ4n) is 7.66. The van der Waals surface area contributed by atoms with Crippen molar-refractivity contribution < 1.29 is 23.9 Å². The second kappa shape index (κ2) is 8.77. The van der Waals surface area contributed by atoms with Gasteiger partial charge in [-0.1, -0.05) is 6.07 Å². The van der Waals surface area contributed by atoms with Gasteiger partial charge in [-0.3, -0.25) is 14.4 Å². The summed E-state index contributed by atoms with van der Waals surface area (Å²) in [7, 11) is 1.80. The summed E-state index contributed by atoms with van der Waals surface area (Å²) in [6.45, 7) is 0.201. The van der Waals surface area contributed by atoms with E-state index in [1.165, 1.54) is 12.7 Å². The lowest BCUT2D eigenvalue weighted by atomic mass is 9.51. The molecule has 5 aliphatic rings. The Hall–Kier alpha value is -3.99. The fraction of sp³-hybridized carbons (Fsp3) is 0.464. The first-order chi connectivity index (χ1) is 18.8. The van der Waals surface area contributed by atoms with E-state index in [2.05, 4.69) is 30.9 Å². The van der Waals surface area contributed by atoms with Gasteiger partial charge in [-0.05, 0) is 68.1 Å². The highest BCUT2D eigenvalue weighted by molar-refractivity contribution is 6.10. The molecule has 8 rings (SSSR count). The third-order valence-corrected chi connectivity index (χ3v) is 8.87. The molecule has 1 aliphatic heterocycles. The summed E-state index contributed by atoms with van der Waals surface area (Å²) in [5, 5.41) is 8.98. The molecule has 11 nitrogen and oxygen atoms in total. The van der Waals surface area contributed by atoms with Crippen molar-refractivity contribution in [3.8, 4) is 5.75 Å². The Bertz CT molecular complexity index is 1500. The molecule has 0 spiro atoms. The van der Waals surface area contributed by atoms with Crippen LogP contribution in [0.3, 0.4) is 0 Å². The Morgan fingerprint density at radius 1 is 1.15 bits per heavy atom. The summed E-state index contributed by atoms with van der Waals surface area (Å²) in [5.74, 6) is 0.914. The maximum absolute atomic E-state index is 13.6. The number of carbonyl (C=O) groups excluding carboxylic acids is 3. The second-order valence-electron chi connectivity index (χ2n) is 11.6. The standard InChI is InChI=1S/C28H30N6O5/c1-38-28-8-16-4-17(9-28)7-27(6-16,13-28)34-25(36)18-11-29-23-22(18)31-14-32-24(23)26(37)30-10-15-2-3-20-19(5-15)33-21(35)12-39-20/h2-3,5,11,14,16-17,29H,4,6-10,12-13H2,1H3,(H,30,37)(H,33,35)(H,34,36). The largest absolute Gasteiger partial charge is 0.482 e. The topological polar surface area (TPSA) is 147 Å². The van der Waals surface area contributed by atoms with Crippen LogP contribution < -0.4 is 20.7 Å². The number of rotatable bonds is 6. The summed E-state index contributed by atoms with van der Waals surface area (Å²) in [5.41, 5.74) is 2.32. The number of aromatic amines is 1. The molecule has 4 N–H and O–H groups in total. The molecule has 1 aromatic carbocycles. The van der Waals surface area contributed by atoms with Crippen molar-refractivity contribution in [2.24, 2.45) is 11.8 Å². The zero-order chi connectivity index (χ0) is 26.8. The first-order valence-electron chi connectivity index (χ1n) is 13.4. The van der Waals surface area contributed by atoms with Crippen molar-refractivity contribution in [3.63, 3.8) is 0 Å². The molecule has 3 aromatic rings.